The van der Waals surface area contributed by atoms with Crippen molar-refractivity contribution >= 4 is 5.91 Å². The van der Waals surface area contributed by atoms with E-state index in [1.165, 1.54) is 0 Å². The van der Waals surface area contributed by atoms with Crippen LogP contribution in [-0.2, 0) is 4.79 Å². The Bertz CT molecular complexity index is 179. The van der Waals surface area contributed by atoms with Crippen LogP contribution in [0, 0.1) is 0 Å². The Balaban J connectivity index is 3.72. The zero-order chi connectivity index (χ0) is 11.2. The lowest BCUT2D eigenvalue weighted by atomic mass is 10.1. The number of carbonyl (C=O) groups is 1. The molecule has 0 aromatic rings. The van der Waals surface area contributed by atoms with Crippen LogP contribution in [0.5, 0.6) is 0 Å². The summed E-state index contributed by atoms with van der Waals surface area (Å²) < 4.78 is 20.6. The number of carbonyl (C=O) groups excluding carboxylic acids is 1. The molecule has 0 aromatic heterocycles. The van der Waals surface area contributed by atoms with Gasteiger partial charge in [0.05, 0.1) is 0 Å². The van der Waals surface area contributed by atoms with Gasteiger partial charge in [0.2, 0.25) is 5.91 Å². The van der Waals surface area contributed by atoms with Gasteiger partial charge < -0.3 is 5.32 Å². The molecule has 2 heteroatoms. The van der Waals surface area contributed by atoms with Crippen LogP contribution in [0.1, 0.15) is 50.5 Å². The van der Waals surface area contributed by atoms with E-state index in [0.717, 1.165) is 25.7 Å². The van der Waals surface area contributed by atoms with Gasteiger partial charge in [0.15, 0.2) is 0 Å². The van der Waals surface area contributed by atoms with Crippen molar-refractivity contribution in [3.05, 3.63) is 0 Å². The van der Waals surface area contributed by atoms with Crippen LogP contribution in [0.3, 0.4) is 0 Å². The van der Waals surface area contributed by atoms with E-state index in [2.05, 4.69) is 12.2 Å². The van der Waals surface area contributed by atoms with E-state index in [9.17, 15) is 4.79 Å². The molecule has 0 rings (SSSR count). The highest BCUT2D eigenvalue weighted by molar-refractivity contribution is 5.73. The van der Waals surface area contributed by atoms with E-state index in [4.69, 9.17) is 4.11 Å². The third-order valence-electron chi connectivity index (χ3n) is 1.62. The van der Waals surface area contributed by atoms with E-state index < -0.39 is 12.8 Å². The summed E-state index contributed by atoms with van der Waals surface area (Å²) in [5, 5.41) is 2.48. The maximum Gasteiger partial charge on any atom is 0.217 e. The molecule has 0 heterocycles. The predicted molar refractivity (Wildman–Crippen MR) is 47.4 cm³/mol. The fourth-order valence-corrected chi connectivity index (χ4v) is 0.996. The Morgan fingerprint density at radius 1 is 1.64 bits per heavy atom. The van der Waals surface area contributed by atoms with Gasteiger partial charge in [0.25, 0.3) is 0 Å². The van der Waals surface area contributed by atoms with Crippen LogP contribution < -0.4 is 5.32 Å². The highest BCUT2D eigenvalue weighted by Crippen LogP contribution is 2.02. The van der Waals surface area contributed by atoms with Crippen LogP contribution >= 0.6 is 0 Å². The Morgan fingerprint density at radius 3 is 2.91 bits per heavy atom. The molecule has 0 aliphatic rings. The van der Waals surface area contributed by atoms with Crippen molar-refractivity contribution in [2.24, 2.45) is 0 Å². The van der Waals surface area contributed by atoms with Crippen LogP contribution in [0.2, 0.25) is 0 Å². The van der Waals surface area contributed by atoms with Crippen molar-refractivity contribution in [3.8, 4) is 0 Å². The summed E-state index contributed by atoms with van der Waals surface area (Å²) in [5.41, 5.74) is 0. The molecule has 0 aromatic carbocycles. The normalized spacial score (nSPS) is 17.8. The quantitative estimate of drug-likeness (QED) is 0.613. The van der Waals surface area contributed by atoms with Crippen LogP contribution in [0.25, 0.3) is 0 Å². The average Bonchev–Trinajstić information content (AvgIpc) is 2.03. The molecule has 0 spiro atoms. The zero-order valence-electron chi connectivity index (χ0n) is 10.3. The summed E-state index contributed by atoms with van der Waals surface area (Å²) in [6.07, 6.45) is 4.11. The Labute approximate surface area is 73.6 Å². The number of nitrogens with one attached hydrogen (secondary N) is 1. The molecule has 66 valence electrons. The zero-order valence-corrected chi connectivity index (χ0v) is 7.31. The molecule has 1 amide bonds. The minimum Gasteiger partial charge on any atom is -0.354 e. The minimum absolute atomic E-state index is 0.0468. The molecule has 0 saturated carbocycles. The molecule has 0 aliphatic heterocycles. The lowest BCUT2D eigenvalue weighted by Gasteiger charge is -2.10. The molecule has 1 N–H and O–H groups in total. The molecule has 11 heavy (non-hydrogen) atoms. The fourth-order valence-electron chi connectivity index (χ4n) is 0.996. The van der Waals surface area contributed by atoms with Gasteiger partial charge in [-0.05, 0) is 13.3 Å². The van der Waals surface area contributed by atoms with Crippen molar-refractivity contribution in [3.63, 3.8) is 0 Å². The van der Waals surface area contributed by atoms with Gasteiger partial charge in [-0.25, -0.2) is 0 Å². The van der Waals surface area contributed by atoms with Gasteiger partial charge in [0, 0.05) is 17.0 Å². The summed E-state index contributed by atoms with van der Waals surface area (Å²) in [6.45, 7) is 1.42. The second-order valence-corrected chi connectivity index (χ2v) is 2.87. The lowest BCUT2D eigenvalue weighted by molar-refractivity contribution is -0.119. The lowest BCUT2D eigenvalue weighted by Crippen LogP contribution is -2.30. The number of rotatable bonds is 5. The van der Waals surface area contributed by atoms with Crippen LogP contribution in [0.4, 0.5) is 0 Å². The molecule has 0 unspecified atom stereocenters. The first-order chi connectivity index (χ1) is 6.38. The highest BCUT2D eigenvalue weighted by Gasteiger charge is 2.01. The van der Waals surface area contributed by atoms with Crippen molar-refractivity contribution in [2.75, 3.05) is 0 Å². The molecule has 0 fully saturated rings. The Morgan fingerprint density at radius 2 is 2.36 bits per heavy atom. The van der Waals surface area contributed by atoms with Crippen molar-refractivity contribution in [1.82, 2.24) is 5.32 Å². The number of amides is 1. The van der Waals surface area contributed by atoms with E-state index >= 15 is 0 Å². The standard InChI is InChI=1S/C9H19NO/c1-4-5-6-7-8(2)10-9(3)11/h8H,4-7H2,1-3H3,(H,10,11)/t8-/m1/s1/i3D3. The van der Waals surface area contributed by atoms with Gasteiger partial charge in [0.1, 0.15) is 0 Å². The van der Waals surface area contributed by atoms with Gasteiger partial charge in [-0.3, -0.25) is 4.79 Å². The second-order valence-electron chi connectivity index (χ2n) is 2.87. The third kappa shape index (κ3) is 7.37. The molecule has 0 aliphatic carbocycles. The molecular weight excluding hydrogens is 138 g/mol. The van der Waals surface area contributed by atoms with Crippen molar-refractivity contribution in [1.29, 1.82) is 0 Å². The summed E-state index contributed by atoms with van der Waals surface area (Å²) in [5.74, 6) is -0.846. The Hall–Kier alpha value is -0.530. The average molecular weight is 160 g/mol. The number of hydrogen-bond acceptors (Lipinski definition) is 1. The van der Waals surface area contributed by atoms with E-state index in [0.29, 0.717) is 0 Å². The SMILES string of the molecule is [2H]C([2H])([2H])C(=O)N[C@H](C)CCCCC. The highest BCUT2D eigenvalue weighted by atomic mass is 16.1. The summed E-state index contributed by atoms with van der Waals surface area (Å²) >= 11 is 0. The molecule has 0 radical (unpaired) electrons. The minimum atomic E-state index is -2.51. The van der Waals surface area contributed by atoms with Crippen LogP contribution in [-0.4, -0.2) is 11.9 Å². The van der Waals surface area contributed by atoms with E-state index in [1.807, 2.05) is 6.92 Å². The molecule has 0 bridgehead atoms. The van der Waals surface area contributed by atoms with E-state index in [-0.39, 0.29) is 6.04 Å². The predicted octanol–water partition coefficient (Wildman–Crippen LogP) is 2.09. The van der Waals surface area contributed by atoms with Gasteiger partial charge in [-0.15, -0.1) is 0 Å². The smallest absolute Gasteiger partial charge is 0.217 e. The molecular formula is C9H19NO. The largest absolute Gasteiger partial charge is 0.354 e. The molecule has 1 atom stereocenters. The topological polar surface area (TPSA) is 29.1 Å². The molecule has 2 nitrogen and oxygen atoms in total. The third-order valence-corrected chi connectivity index (χ3v) is 1.62. The van der Waals surface area contributed by atoms with Crippen molar-refractivity contribution < 1.29 is 8.91 Å². The van der Waals surface area contributed by atoms with Gasteiger partial charge in [-0.2, -0.15) is 0 Å². The van der Waals surface area contributed by atoms with Crippen molar-refractivity contribution in [2.45, 2.75) is 52.4 Å². The summed E-state index contributed by atoms with van der Waals surface area (Å²) in [6, 6.07) is -0.0468. The number of hydrogen-bond donors (Lipinski definition) is 1. The van der Waals surface area contributed by atoms with Gasteiger partial charge in [-0.1, -0.05) is 26.2 Å². The first-order valence-electron chi connectivity index (χ1n) is 5.69. The summed E-state index contributed by atoms with van der Waals surface area (Å²) in [4.78, 5) is 11.0. The summed E-state index contributed by atoms with van der Waals surface area (Å²) in [7, 11) is 0. The Kier molecular flexibility index (Phi) is 3.40. The number of unbranched alkanes of at least 4 members (excludes halogenated alkanes) is 2. The van der Waals surface area contributed by atoms with Gasteiger partial charge >= 0.3 is 0 Å². The van der Waals surface area contributed by atoms with E-state index in [1.54, 1.807) is 0 Å². The first kappa shape index (κ1) is 6.04. The fraction of sp³-hybridized carbons (Fsp3) is 0.889. The second kappa shape index (κ2) is 6.20. The first-order valence-corrected chi connectivity index (χ1v) is 4.19. The maximum absolute atomic E-state index is 11.0. The maximum atomic E-state index is 11.0. The van der Waals surface area contributed by atoms with Crippen LogP contribution in [0.15, 0.2) is 0 Å². The molecule has 0 saturated heterocycles. The monoisotopic (exact) mass is 160 g/mol.